The van der Waals surface area contributed by atoms with Crippen molar-refractivity contribution in [2.24, 2.45) is 23.2 Å². The molecule has 4 heteroatoms. The Morgan fingerprint density at radius 3 is 2.53 bits per heavy atom. The van der Waals surface area contributed by atoms with Crippen LogP contribution in [0.2, 0.25) is 0 Å². The normalized spacial score (nSPS) is 30.2. The third-order valence-electron chi connectivity index (χ3n) is 3.77. The quantitative estimate of drug-likeness (QED) is 0.586. The lowest BCUT2D eigenvalue weighted by Gasteiger charge is -1.99. The molecule has 2 unspecified atom stereocenters. The van der Waals surface area contributed by atoms with E-state index in [1.807, 2.05) is 13.8 Å². The molecule has 0 aromatic carbocycles. The molecular weight excluding hydrogens is 220 g/mol. The van der Waals surface area contributed by atoms with Crippen LogP contribution in [0.15, 0.2) is 12.2 Å². The molecule has 2 fully saturated rings. The standard InChI is InChI=1S/C13H18O4/c1-13(2)9(11(13)12(15)16)5-6-10(14)17-7-8-3-4-8/h5-6,8-9,11H,3-4,7H2,1-2H3,(H,15,16)/b6-5-. The van der Waals surface area contributed by atoms with E-state index >= 15 is 0 Å². The minimum Gasteiger partial charge on any atom is -0.481 e. The smallest absolute Gasteiger partial charge is 0.330 e. The molecule has 0 aromatic heterocycles. The molecule has 94 valence electrons. The van der Waals surface area contributed by atoms with Gasteiger partial charge in [0.2, 0.25) is 0 Å². The predicted octanol–water partition coefficient (Wildman–Crippen LogP) is 1.85. The molecule has 0 spiro atoms. The second kappa shape index (κ2) is 4.17. The molecule has 17 heavy (non-hydrogen) atoms. The average Bonchev–Trinajstić information content (AvgIpc) is 3.09. The molecule has 0 radical (unpaired) electrons. The van der Waals surface area contributed by atoms with Crippen molar-refractivity contribution in [3.63, 3.8) is 0 Å². The Hall–Kier alpha value is -1.32. The van der Waals surface area contributed by atoms with Crippen LogP contribution in [0.25, 0.3) is 0 Å². The summed E-state index contributed by atoms with van der Waals surface area (Å²) in [6.07, 6.45) is 5.34. The molecule has 2 atom stereocenters. The molecule has 4 nitrogen and oxygen atoms in total. The Balaban J connectivity index is 1.80. The molecular formula is C13H18O4. The summed E-state index contributed by atoms with van der Waals surface area (Å²) in [5.74, 6) is -1.04. The summed E-state index contributed by atoms with van der Waals surface area (Å²) < 4.78 is 5.03. The van der Waals surface area contributed by atoms with Crippen LogP contribution in [0, 0.1) is 23.2 Å². The van der Waals surface area contributed by atoms with Crippen molar-refractivity contribution in [2.75, 3.05) is 6.61 Å². The van der Waals surface area contributed by atoms with Crippen molar-refractivity contribution < 1.29 is 19.4 Å². The summed E-state index contributed by atoms with van der Waals surface area (Å²) in [6.45, 7) is 4.30. The molecule has 2 aliphatic carbocycles. The fourth-order valence-electron chi connectivity index (χ4n) is 2.22. The molecule has 0 amide bonds. The molecule has 0 saturated heterocycles. The zero-order chi connectivity index (χ0) is 12.6. The largest absolute Gasteiger partial charge is 0.481 e. The minimum absolute atomic E-state index is 0.0616. The van der Waals surface area contributed by atoms with Gasteiger partial charge in [0.25, 0.3) is 0 Å². The topological polar surface area (TPSA) is 63.6 Å². The van der Waals surface area contributed by atoms with Crippen LogP contribution in [0.4, 0.5) is 0 Å². The van der Waals surface area contributed by atoms with E-state index in [9.17, 15) is 9.59 Å². The first-order valence-corrected chi connectivity index (χ1v) is 6.00. The number of rotatable bonds is 5. The summed E-state index contributed by atoms with van der Waals surface area (Å²) in [6, 6.07) is 0. The van der Waals surface area contributed by atoms with E-state index in [0.717, 1.165) is 12.8 Å². The number of esters is 1. The van der Waals surface area contributed by atoms with Crippen LogP contribution >= 0.6 is 0 Å². The van der Waals surface area contributed by atoms with Crippen LogP contribution in [-0.2, 0) is 14.3 Å². The van der Waals surface area contributed by atoms with Crippen LogP contribution in [0.1, 0.15) is 26.7 Å². The molecule has 0 bridgehead atoms. The van der Waals surface area contributed by atoms with Gasteiger partial charge in [0, 0.05) is 6.08 Å². The minimum atomic E-state index is -0.795. The first kappa shape index (κ1) is 12.1. The summed E-state index contributed by atoms with van der Waals surface area (Å²) in [5.41, 5.74) is -0.251. The number of hydrogen-bond acceptors (Lipinski definition) is 3. The number of hydrogen-bond donors (Lipinski definition) is 1. The molecule has 2 saturated carbocycles. The fraction of sp³-hybridized carbons (Fsp3) is 0.692. The van der Waals surface area contributed by atoms with Crippen molar-refractivity contribution in [3.8, 4) is 0 Å². The van der Waals surface area contributed by atoms with E-state index in [4.69, 9.17) is 9.84 Å². The van der Waals surface area contributed by atoms with Crippen molar-refractivity contribution >= 4 is 11.9 Å². The van der Waals surface area contributed by atoms with Crippen molar-refractivity contribution in [3.05, 3.63) is 12.2 Å². The number of carboxylic acids is 1. The van der Waals surface area contributed by atoms with Gasteiger partial charge in [0.1, 0.15) is 0 Å². The first-order chi connectivity index (χ1) is 7.93. The molecule has 2 aliphatic rings. The maximum absolute atomic E-state index is 11.3. The average molecular weight is 238 g/mol. The zero-order valence-electron chi connectivity index (χ0n) is 10.2. The fourth-order valence-corrected chi connectivity index (χ4v) is 2.22. The van der Waals surface area contributed by atoms with Crippen molar-refractivity contribution in [1.82, 2.24) is 0 Å². The Labute approximate surface area is 101 Å². The molecule has 2 rings (SSSR count). The van der Waals surface area contributed by atoms with Gasteiger partial charge in [-0.05, 0) is 30.1 Å². The lowest BCUT2D eigenvalue weighted by molar-refractivity contribution is -0.140. The highest BCUT2D eigenvalue weighted by Gasteiger charge is 2.60. The predicted molar refractivity (Wildman–Crippen MR) is 61.2 cm³/mol. The number of carbonyl (C=O) groups excluding carboxylic acids is 1. The Morgan fingerprint density at radius 1 is 1.41 bits per heavy atom. The van der Waals surface area contributed by atoms with Gasteiger partial charge in [-0.3, -0.25) is 4.79 Å². The SMILES string of the molecule is CC1(C)C(/C=C\C(=O)OCC2CC2)C1C(=O)O. The van der Waals surface area contributed by atoms with Gasteiger partial charge < -0.3 is 9.84 Å². The summed E-state index contributed by atoms with van der Waals surface area (Å²) in [5, 5.41) is 8.96. The third-order valence-corrected chi connectivity index (χ3v) is 3.77. The second-order valence-electron chi connectivity index (χ2n) is 5.60. The van der Waals surface area contributed by atoms with Gasteiger partial charge in [0.05, 0.1) is 12.5 Å². The Kier molecular flexibility index (Phi) is 2.98. The van der Waals surface area contributed by atoms with Crippen LogP contribution in [0.3, 0.4) is 0 Å². The van der Waals surface area contributed by atoms with Gasteiger partial charge in [-0.2, -0.15) is 0 Å². The Morgan fingerprint density at radius 2 is 2.06 bits per heavy atom. The molecule has 1 N–H and O–H groups in total. The van der Waals surface area contributed by atoms with E-state index in [1.54, 1.807) is 6.08 Å². The van der Waals surface area contributed by atoms with Gasteiger partial charge in [-0.25, -0.2) is 4.79 Å². The van der Waals surface area contributed by atoms with Crippen LogP contribution in [-0.4, -0.2) is 23.7 Å². The molecule has 0 aliphatic heterocycles. The first-order valence-electron chi connectivity index (χ1n) is 6.00. The maximum atomic E-state index is 11.3. The van der Waals surface area contributed by atoms with Crippen LogP contribution < -0.4 is 0 Å². The van der Waals surface area contributed by atoms with Crippen molar-refractivity contribution in [2.45, 2.75) is 26.7 Å². The highest BCUT2D eigenvalue weighted by Crippen LogP contribution is 2.59. The summed E-state index contributed by atoms with van der Waals surface area (Å²) in [7, 11) is 0. The number of aliphatic carboxylic acids is 1. The maximum Gasteiger partial charge on any atom is 0.330 e. The molecule has 0 aromatic rings. The van der Waals surface area contributed by atoms with E-state index in [0.29, 0.717) is 12.5 Å². The zero-order valence-corrected chi connectivity index (χ0v) is 10.2. The third kappa shape index (κ3) is 2.68. The highest BCUT2D eigenvalue weighted by atomic mass is 16.5. The van der Waals surface area contributed by atoms with Gasteiger partial charge in [-0.15, -0.1) is 0 Å². The van der Waals surface area contributed by atoms with E-state index in [1.165, 1.54) is 6.08 Å². The van der Waals surface area contributed by atoms with E-state index in [2.05, 4.69) is 0 Å². The highest BCUT2D eigenvalue weighted by molar-refractivity contribution is 5.83. The van der Waals surface area contributed by atoms with Gasteiger partial charge in [-0.1, -0.05) is 19.9 Å². The lowest BCUT2D eigenvalue weighted by atomic mass is 10.1. The van der Waals surface area contributed by atoms with E-state index < -0.39 is 5.97 Å². The second-order valence-corrected chi connectivity index (χ2v) is 5.60. The van der Waals surface area contributed by atoms with E-state index in [-0.39, 0.29) is 23.2 Å². The van der Waals surface area contributed by atoms with Crippen molar-refractivity contribution in [1.29, 1.82) is 0 Å². The van der Waals surface area contributed by atoms with Gasteiger partial charge in [0.15, 0.2) is 0 Å². The Bertz CT molecular complexity index is 366. The lowest BCUT2D eigenvalue weighted by Crippen LogP contribution is -2.04. The number of carbonyl (C=O) groups is 2. The summed E-state index contributed by atoms with van der Waals surface area (Å²) >= 11 is 0. The van der Waals surface area contributed by atoms with Gasteiger partial charge >= 0.3 is 11.9 Å². The number of ether oxygens (including phenoxy) is 1. The summed E-state index contributed by atoms with van der Waals surface area (Å²) in [4.78, 5) is 22.2. The molecule has 0 heterocycles. The monoisotopic (exact) mass is 238 g/mol. The number of carboxylic acid groups (broad SMARTS) is 1. The van der Waals surface area contributed by atoms with Crippen LogP contribution in [0.5, 0.6) is 0 Å². The number of allylic oxidation sites excluding steroid dienone is 1.